The van der Waals surface area contributed by atoms with E-state index in [2.05, 4.69) is 31.4 Å². The molecule has 0 amide bonds. The van der Waals surface area contributed by atoms with Crippen LogP contribution in [0.3, 0.4) is 0 Å². The number of nitrogens with zero attached hydrogens (tertiary/aromatic N) is 3. The van der Waals surface area contributed by atoms with E-state index >= 15 is 0 Å². The van der Waals surface area contributed by atoms with E-state index in [-0.39, 0.29) is 0 Å². The summed E-state index contributed by atoms with van der Waals surface area (Å²) in [6.07, 6.45) is 5.14. The molecule has 2 heterocycles. The van der Waals surface area contributed by atoms with Gasteiger partial charge >= 0.3 is 0 Å². The Morgan fingerprint density at radius 1 is 1.17 bits per heavy atom. The molecule has 1 aliphatic heterocycles. The first-order chi connectivity index (χ1) is 5.88. The summed E-state index contributed by atoms with van der Waals surface area (Å²) in [7, 11) is 0. The van der Waals surface area contributed by atoms with Crippen LogP contribution in [0.1, 0.15) is 5.56 Å². The van der Waals surface area contributed by atoms with Gasteiger partial charge in [0.2, 0.25) is 0 Å². The molecule has 0 saturated carbocycles. The van der Waals surface area contributed by atoms with Crippen molar-refractivity contribution in [3.8, 4) is 0 Å². The van der Waals surface area contributed by atoms with Gasteiger partial charge in [0, 0.05) is 18.0 Å². The van der Waals surface area contributed by atoms with Crippen LogP contribution in [0.5, 0.6) is 0 Å². The van der Waals surface area contributed by atoms with Crippen molar-refractivity contribution in [1.82, 2.24) is 10.4 Å². The van der Waals surface area contributed by atoms with Crippen LogP contribution in [0, 0.1) is 0 Å². The molecule has 1 aliphatic rings. The van der Waals surface area contributed by atoms with Crippen molar-refractivity contribution in [3.63, 3.8) is 0 Å². The summed E-state index contributed by atoms with van der Waals surface area (Å²) in [5.41, 5.74) is 5.66. The summed E-state index contributed by atoms with van der Waals surface area (Å²) in [6.45, 7) is 0. The van der Waals surface area contributed by atoms with Gasteiger partial charge in [-0.05, 0) is 28.1 Å². The second-order valence-electron chi connectivity index (χ2n) is 2.28. The van der Waals surface area contributed by atoms with Crippen molar-refractivity contribution in [3.05, 3.63) is 40.8 Å². The van der Waals surface area contributed by atoms with E-state index < -0.39 is 0 Å². The molecule has 4 heteroatoms. The van der Waals surface area contributed by atoms with E-state index in [1.54, 1.807) is 18.6 Å². The maximum Gasteiger partial charge on any atom is 0.109 e. The number of halogens is 1. The van der Waals surface area contributed by atoms with Gasteiger partial charge in [-0.25, -0.2) is 0 Å². The molecule has 2 rings (SSSR count). The molecule has 12 heavy (non-hydrogen) atoms. The highest BCUT2D eigenvalue weighted by atomic mass is 79.9. The Balaban J connectivity index is 2.39. The van der Waals surface area contributed by atoms with Gasteiger partial charge in [-0.2, -0.15) is 5.43 Å². The molecule has 0 aliphatic carbocycles. The monoisotopic (exact) mass is 222 g/mol. The van der Waals surface area contributed by atoms with Crippen molar-refractivity contribution in [2.24, 2.45) is 5.10 Å². The fraction of sp³-hybridized carbons (Fsp3) is 0. The minimum absolute atomic E-state index is 0.859. The molecule has 0 fully saturated rings. The second kappa shape index (κ2) is 3.06. The summed E-state index contributed by atoms with van der Waals surface area (Å²) >= 11 is 3.36. The van der Waals surface area contributed by atoms with Gasteiger partial charge in [-0.3, -0.25) is 4.98 Å². The van der Waals surface area contributed by atoms with Crippen molar-refractivity contribution >= 4 is 21.6 Å². The Morgan fingerprint density at radius 2 is 1.92 bits per heavy atom. The van der Waals surface area contributed by atoms with Crippen molar-refractivity contribution < 1.29 is 0 Å². The fourth-order valence-corrected chi connectivity index (χ4v) is 1.35. The van der Waals surface area contributed by atoms with Crippen LogP contribution in [0.2, 0.25) is 0 Å². The molecule has 59 valence electrons. The van der Waals surface area contributed by atoms with E-state index in [1.807, 2.05) is 12.1 Å². The Hall–Kier alpha value is -1.16. The van der Waals surface area contributed by atoms with Crippen molar-refractivity contribution in [1.29, 1.82) is 0 Å². The second-order valence-corrected chi connectivity index (χ2v) is 3.13. The number of rotatable bonds is 1. The van der Waals surface area contributed by atoms with Gasteiger partial charge in [0.05, 0.1) is 10.7 Å². The summed E-state index contributed by atoms with van der Waals surface area (Å²) in [5, 5.41) is 3.96. The molecular weight excluding hydrogens is 218 g/mol. The van der Waals surface area contributed by atoms with Gasteiger partial charge in [-0.1, -0.05) is 0 Å². The van der Waals surface area contributed by atoms with Gasteiger partial charge in [0.15, 0.2) is 0 Å². The van der Waals surface area contributed by atoms with E-state index in [1.165, 1.54) is 0 Å². The van der Waals surface area contributed by atoms with E-state index in [0.717, 1.165) is 15.8 Å². The third-order valence-corrected chi connectivity index (χ3v) is 2.09. The smallest absolute Gasteiger partial charge is 0.109 e. The summed E-state index contributed by atoms with van der Waals surface area (Å²) < 4.78 is 0.911. The average Bonchev–Trinajstić information content (AvgIpc) is 2.53. The standard InChI is InChI=1S/C8H5BrN3/c9-7-5-11-12-8(7)6-1-3-10-4-2-6/h1-5H. The van der Waals surface area contributed by atoms with Crippen LogP contribution in [0.15, 0.2) is 40.3 Å². The Bertz CT molecular complexity index is 343. The largest absolute Gasteiger partial charge is 0.265 e. The number of aromatic nitrogens is 1. The molecule has 0 saturated heterocycles. The highest BCUT2D eigenvalue weighted by Crippen LogP contribution is 2.17. The lowest BCUT2D eigenvalue weighted by Gasteiger charge is -1.97. The molecule has 0 spiro atoms. The topological polar surface area (TPSA) is 39.4 Å². The van der Waals surface area contributed by atoms with Gasteiger partial charge < -0.3 is 0 Å². The zero-order chi connectivity index (χ0) is 8.39. The minimum Gasteiger partial charge on any atom is -0.265 e. The molecule has 1 aromatic heterocycles. The average molecular weight is 223 g/mol. The molecule has 3 nitrogen and oxygen atoms in total. The van der Waals surface area contributed by atoms with E-state index in [0.29, 0.717) is 0 Å². The summed E-state index contributed by atoms with van der Waals surface area (Å²) in [5.74, 6) is 0. The van der Waals surface area contributed by atoms with Crippen LogP contribution >= 0.6 is 15.9 Å². The third-order valence-electron chi connectivity index (χ3n) is 1.51. The first kappa shape index (κ1) is 7.49. The Kier molecular flexibility index (Phi) is 1.91. The van der Waals surface area contributed by atoms with Crippen LogP contribution in [-0.2, 0) is 0 Å². The van der Waals surface area contributed by atoms with Gasteiger partial charge in [0.25, 0.3) is 0 Å². The highest BCUT2D eigenvalue weighted by Gasteiger charge is 2.11. The third kappa shape index (κ3) is 1.25. The predicted octanol–water partition coefficient (Wildman–Crippen LogP) is 1.64. The lowest BCUT2D eigenvalue weighted by atomic mass is 10.2. The molecular formula is C8H5BrN3. The highest BCUT2D eigenvalue weighted by molar-refractivity contribution is 9.12. The molecule has 1 radical (unpaired) electrons. The van der Waals surface area contributed by atoms with Crippen LogP contribution in [0.25, 0.3) is 0 Å². The van der Waals surface area contributed by atoms with E-state index in [9.17, 15) is 0 Å². The van der Waals surface area contributed by atoms with Crippen molar-refractivity contribution in [2.75, 3.05) is 0 Å². The normalized spacial score (nSPS) is 15.1. The molecule has 0 bridgehead atoms. The molecule has 1 aromatic rings. The number of pyridine rings is 1. The molecule has 0 unspecified atom stereocenters. The quantitative estimate of drug-likeness (QED) is 0.713. The predicted molar refractivity (Wildman–Crippen MR) is 49.9 cm³/mol. The van der Waals surface area contributed by atoms with Crippen LogP contribution < -0.4 is 5.43 Å². The maximum atomic E-state index is 3.96. The molecule has 0 atom stereocenters. The van der Waals surface area contributed by atoms with Crippen LogP contribution in [-0.4, -0.2) is 10.7 Å². The Labute approximate surface area is 78.3 Å². The zero-order valence-electron chi connectivity index (χ0n) is 6.11. The van der Waals surface area contributed by atoms with Crippen LogP contribution in [0.4, 0.5) is 0 Å². The summed E-state index contributed by atoms with van der Waals surface area (Å²) in [4.78, 5) is 3.92. The minimum atomic E-state index is 0.859. The number of hydrogen-bond donors (Lipinski definition) is 0. The lowest BCUT2D eigenvalue weighted by Crippen LogP contribution is -1.97. The Morgan fingerprint density at radius 3 is 2.50 bits per heavy atom. The van der Waals surface area contributed by atoms with Crippen molar-refractivity contribution in [2.45, 2.75) is 0 Å². The first-order valence-corrected chi connectivity index (χ1v) is 4.21. The maximum absolute atomic E-state index is 3.96. The number of hydrogen-bond acceptors (Lipinski definition) is 2. The number of allylic oxidation sites excluding steroid dienone is 1. The lowest BCUT2D eigenvalue weighted by molar-refractivity contribution is 0.972. The molecule has 0 N–H and O–H groups in total. The summed E-state index contributed by atoms with van der Waals surface area (Å²) in [6, 6.07) is 3.80. The fourth-order valence-electron chi connectivity index (χ4n) is 0.952. The molecule has 0 aromatic carbocycles. The van der Waals surface area contributed by atoms with Gasteiger partial charge in [-0.15, -0.1) is 5.10 Å². The first-order valence-electron chi connectivity index (χ1n) is 3.42. The zero-order valence-corrected chi connectivity index (χ0v) is 7.69. The van der Waals surface area contributed by atoms with E-state index in [4.69, 9.17) is 0 Å². The van der Waals surface area contributed by atoms with Gasteiger partial charge in [0.1, 0.15) is 5.71 Å². The SMILES string of the molecule is BrC1=C[N]N=C1c1ccncc1.